The maximum absolute atomic E-state index is 12.6. The molecule has 0 heterocycles. The summed E-state index contributed by atoms with van der Waals surface area (Å²) >= 11 is 0. The maximum atomic E-state index is 12.6. The predicted molar refractivity (Wildman–Crippen MR) is 233 cm³/mol. The summed E-state index contributed by atoms with van der Waals surface area (Å²) < 4.78 is 16.5. The van der Waals surface area contributed by atoms with E-state index >= 15 is 0 Å². The topological polar surface area (TPSA) is 78.9 Å². The molecule has 0 aromatic rings. The Balaban J connectivity index is 4.51. The Morgan fingerprint density at radius 3 is 1.20 bits per heavy atom. The summed E-state index contributed by atoms with van der Waals surface area (Å²) in [6.07, 6.45) is 56.6. The molecule has 1 unspecified atom stereocenters. The van der Waals surface area contributed by atoms with Crippen molar-refractivity contribution in [3.05, 3.63) is 109 Å². The van der Waals surface area contributed by atoms with Crippen LogP contribution >= 0.6 is 0 Å². The summed E-state index contributed by atoms with van der Waals surface area (Å²) in [6.45, 7) is 6.28. The average Bonchev–Trinajstić information content (AvgIpc) is 3.18. The Hall–Kier alpha value is -3.93. The smallest absolute Gasteiger partial charge is 0.306 e. The lowest BCUT2D eigenvalue weighted by Gasteiger charge is -2.18. The van der Waals surface area contributed by atoms with Gasteiger partial charge in [0.1, 0.15) is 13.2 Å². The fraction of sp³-hybridized carbons (Fsp3) is 0.571. The molecule has 0 radical (unpaired) electrons. The monoisotopic (exact) mass is 761 g/mol. The minimum absolute atomic E-state index is 0.122. The molecule has 55 heavy (non-hydrogen) atoms. The van der Waals surface area contributed by atoms with Crippen molar-refractivity contribution in [2.45, 2.75) is 168 Å². The Bertz CT molecular complexity index is 1200. The first kappa shape index (κ1) is 51.1. The highest BCUT2D eigenvalue weighted by molar-refractivity contribution is 5.71. The second-order valence-corrected chi connectivity index (χ2v) is 13.7. The van der Waals surface area contributed by atoms with Gasteiger partial charge in [-0.1, -0.05) is 175 Å². The summed E-state index contributed by atoms with van der Waals surface area (Å²) in [4.78, 5) is 37.5. The molecule has 0 aliphatic carbocycles. The predicted octanol–water partition coefficient (Wildman–Crippen LogP) is 13.6. The fourth-order valence-electron chi connectivity index (χ4n) is 5.19. The quantitative estimate of drug-likeness (QED) is 0.0208. The van der Waals surface area contributed by atoms with Crippen molar-refractivity contribution in [1.29, 1.82) is 0 Å². The van der Waals surface area contributed by atoms with Gasteiger partial charge in [0.2, 0.25) is 0 Å². The minimum Gasteiger partial charge on any atom is -0.462 e. The van der Waals surface area contributed by atoms with Gasteiger partial charge >= 0.3 is 17.9 Å². The van der Waals surface area contributed by atoms with Crippen molar-refractivity contribution in [3.63, 3.8) is 0 Å². The van der Waals surface area contributed by atoms with E-state index in [2.05, 4.69) is 57.2 Å². The van der Waals surface area contributed by atoms with Gasteiger partial charge in [0.25, 0.3) is 0 Å². The lowest BCUT2D eigenvalue weighted by molar-refractivity contribution is -0.167. The molecule has 0 aliphatic rings. The van der Waals surface area contributed by atoms with Crippen molar-refractivity contribution in [1.82, 2.24) is 0 Å². The van der Waals surface area contributed by atoms with Crippen molar-refractivity contribution >= 4 is 17.9 Å². The van der Waals surface area contributed by atoms with E-state index in [1.807, 2.05) is 72.9 Å². The number of carbonyl (C=O) groups is 3. The number of hydrogen-bond acceptors (Lipinski definition) is 6. The van der Waals surface area contributed by atoms with Crippen LogP contribution in [0.5, 0.6) is 0 Å². The molecule has 0 spiro atoms. The van der Waals surface area contributed by atoms with E-state index < -0.39 is 6.10 Å². The van der Waals surface area contributed by atoms with E-state index in [9.17, 15) is 14.4 Å². The van der Waals surface area contributed by atoms with Crippen molar-refractivity contribution < 1.29 is 28.6 Å². The first-order valence-electron chi connectivity index (χ1n) is 21.5. The summed E-state index contributed by atoms with van der Waals surface area (Å²) in [5.41, 5.74) is 0. The van der Waals surface area contributed by atoms with E-state index in [1.54, 1.807) is 0 Å². The third-order valence-electron chi connectivity index (χ3n) is 8.43. The van der Waals surface area contributed by atoms with Crippen molar-refractivity contribution in [2.24, 2.45) is 0 Å². The largest absolute Gasteiger partial charge is 0.462 e. The van der Waals surface area contributed by atoms with Gasteiger partial charge in [-0.25, -0.2) is 0 Å². The number of hydrogen-bond donors (Lipinski definition) is 0. The van der Waals surface area contributed by atoms with Gasteiger partial charge in [0.05, 0.1) is 0 Å². The average molecular weight is 761 g/mol. The van der Waals surface area contributed by atoms with E-state index in [0.29, 0.717) is 25.7 Å². The molecular formula is C49H76O6. The van der Waals surface area contributed by atoms with Gasteiger partial charge in [-0.05, 0) is 77.0 Å². The van der Waals surface area contributed by atoms with Gasteiger partial charge in [-0.3, -0.25) is 14.4 Å². The fourth-order valence-corrected chi connectivity index (χ4v) is 5.19. The normalized spacial score (nSPS) is 13.1. The number of rotatable bonds is 36. The summed E-state index contributed by atoms with van der Waals surface area (Å²) in [7, 11) is 0. The molecule has 0 bridgehead atoms. The molecule has 0 saturated carbocycles. The minimum atomic E-state index is -0.821. The number of carbonyl (C=O) groups excluding carboxylic acids is 3. The number of allylic oxidation sites excluding steroid dienone is 18. The highest BCUT2D eigenvalue weighted by atomic mass is 16.6. The Kier molecular flexibility index (Phi) is 39.7. The molecule has 0 rings (SSSR count). The van der Waals surface area contributed by atoms with Crippen molar-refractivity contribution in [2.75, 3.05) is 13.2 Å². The molecule has 0 fully saturated rings. The van der Waals surface area contributed by atoms with Crippen LogP contribution in [-0.2, 0) is 28.6 Å². The highest BCUT2D eigenvalue weighted by Crippen LogP contribution is 2.10. The molecular weight excluding hydrogens is 685 g/mol. The van der Waals surface area contributed by atoms with E-state index in [1.165, 1.54) is 51.4 Å². The Morgan fingerprint density at radius 1 is 0.382 bits per heavy atom. The zero-order valence-electron chi connectivity index (χ0n) is 34.9. The van der Waals surface area contributed by atoms with Crippen LogP contribution < -0.4 is 0 Å². The van der Waals surface area contributed by atoms with Crippen molar-refractivity contribution in [3.8, 4) is 0 Å². The van der Waals surface area contributed by atoms with Gasteiger partial charge in [0.15, 0.2) is 6.10 Å². The maximum Gasteiger partial charge on any atom is 0.306 e. The lowest BCUT2D eigenvalue weighted by Crippen LogP contribution is -2.30. The summed E-state index contributed by atoms with van der Waals surface area (Å²) in [6, 6.07) is 0. The standard InChI is InChI=1S/C49H76O6/c1-4-7-10-13-16-19-20-21-22-23-24-25-26-27-28-31-33-36-39-42-48(51)54-45-46(55-49(52)43-40-37-34-30-18-15-12-9-6-3)44-53-47(50)41-38-35-32-29-17-14-11-8-5-2/h7,10,13,16,19-30,32,34,46H,4-6,8-9,11-12,14-15,17-18,31,33,35-45H2,1-3H3/b10-7-,16-13-,20-19-,22-21-,24-23+,26-25-,28-27-,32-29-,34-30-. The number of esters is 3. The second kappa shape index (κ2) is 42.8. The molecule has 0 aliphatic heterocycles. The lowest BCUT2D eigenvalue weighted by atomic mass is 10.1. The molecule has 0 amide bonds. The SMILES string of the molecule is CC\C=C/C=C\C=C/C=C\C=C\C=C/C=C\CCCCCC(=O)OCC(COC(=O)CCC/C=C\CCCCCC)OC(=O)CCC/C=C\CCCCCC. The molecule has 6 heteroatoms. The summed E-state index contributed by atoms with van der Waals surface area (Å²) in [5.74, 6) is -1.05. The first-order chi connectivity index (χ1) is 27.0. The van der Waals surface area contributed by atoms with Gasteiger partial charge in [-0.2, -0.15) is 0 Å². The van der Waals surface area contributed by atoms with Crippen LogP contribution in [0.4, 0.5) is 0 Å². The van der Waals surface area contributed by atoms with Crippen LogP contribution in [0.2, 0.25) is 0 Å². The van der Waals surface area contributed by atoms with Crippen LogP contribution in [0, 0.1) is 0 Å². The zero-order valence-corrected chi connectivity index (χ0v) is 34.9. The zero-order chi connectivity index (χ0) is 40.1. The van der Waals surface area contributed by atoms with Gasteiger partial charge in [0, 0.05) is 19.3 Å². The highest BCUT2D eigenvalue weighted by Gasteiger charge is 2.19. The molecule has 308 valence electrons. The van der Waals surface area contributed by atoms with Crippen LogP contribution in [0.25, 0.3) is 0 Å². The van der Waals surface area contributed by atoms with Crippen LogP contribution in [0.15, 0.2) is 109 Å². The second-order valence-electron chi connectivity index (χ2n) is 13.7. The molecule has 0 N–H and O–H groups in total. The van der Waals surface area contributed by atoms with Crippen LogP contribution in [-0.4, -0.2) is 37.2 Å². The summed E-state index contributed by atoms with van der Waals surface area (Å²) in [5, 5.41) is 0. The van der Waals surface area contributed by atoms with Gasteiger partial charge in [-0.15, -0.1) is 0 Å². The van der Waals surface area contributed by atoms with E-state index in [4.69, 9.17) is 14.2 Å². The Labute approximate surface area is 336 Å². The molecule has 0 saturated heterocycles. The Morgan fingerprint density at radius 2 is 0.745 bits per heavy atom. The number of unbranched alkanes of at least 4 members (excludes halogenated alkanes) is 13. The van der Waals surface area contributed by atoms with Crippen LogP contribution in [0.1, 0.15) is 162 Å². The third kappa shape index (κ3) is 41.1. The molecule has 0 aromatic heterocycles. The molecule has 6 nitrogen and oxygen atoms in total. The van der Waals surface area contributed by atoms with Crippen LogP contribution in [0.3, 0.4) is 0 Å². The number of ether oxygens (including phenoxy) is 3. The third-order valence-corrected chi connectivity index (χ3v) is 8.43. The van der Waals surface area contributed by atoms with E-state index in [0.717, 1.165) is 57.8 Å². The van der Waals surface area contributed by atoms with E-state index in [-0.39, 0.29) is 37.5 Å². The first-order valence-corrected chi connectivity index (χ1v) is 21.5. The van der Waals surface area contributed by atoms with Gasteiger partial charge < -0.3 is 14.2 Å². The molecule has 0 aromatic carbocycles. The molecule has 1 atom stereocenters.